The highest BCUT2D eigenvalue weighted by Gasteiger charge is 2.11. The van der Waals surface area contributed by atoms with Crippen molar-refractivity contribution in [3.63, 3.8) is 0 Å². The molecule has 0 N–H and O–H groups in total. The van der Waals surface area contributed by atoms with Gasteiger partial charge in [0.25, 0.3) is 5.56 Å². The van der Waals surface area contributed by atoms with Gasteiger partial charge >= 0.3 is 0 Å². The molecule has 0 spiro atoms. The van der Waals surface area contributed by atoms with Gasteiger partial charge in [-0.05, 0) is 24.6 Å². The summed E-state index contributed by atoms with van der Waals surface area (Å²) in [6.07, 6.45) is 3.43. The minimum Gasteiger partial charge on any atom is -0.380 e. The molecule has 0 atom stereocenters. The Morgan fingerprint density at radius 1 is 1.30 bits per heavy atom. The molecule has 3 aromatic rings. The number of ether oxygens (including phenoxy) is 1. The molecule has 0 fully saturated rings. The molecular formula is C16H17N5O2. The summed E-state index contributed by atoms with van der Waals surface area (Å²) in [4.78, 5) is 12.5. The van der Waals surface area contributed by atoms with Crippen LogP contribution in [0, 0.1) is 0 Å². The van der Waals surface area contributed by atoms with Gasteiger partial charge in [0, 0.05) is 7.11 Å². The van der Waals surface area contributed by atoms with Crippen molar-refractivity contribution in [1.82, 2.24) is 24.8 Å². The third-order valence-corrected chi connectivity index (χ3v) is 3.44. The summed E-state index contributed by atoms with van der Waals surface area (Å²) in [6, 6.07) is 9.53. The highest BCUT2D eigenvalue weighted by molar-refractivity contribution is 5.74. The number of para-hydroxylation sites is 1. The lowest BCUT2D eigenvalue weighted by molar-refractivity contribution is 0.225. The zero-order valence-corrected chi connectivity index (χ0v) is 13.0. The van der Waals surface area contributed by atoms with Gasteiger partial charge in [0.1, 0.15) is 5.39 Å². The second-order valence-electron chi connectivity index (χ2n) is 5.19. The van der Waals surface area contributed by atoms with Crippen LogP contribution in [0.5, 0.6) is 0 Å². The molecule has 0 amide bonds. The van der Waals surface area contributed by atoms with Crippen molar-refractivity contribution in [2.45, 2.75) is 13.5 Å². The average Bonchev–Trinajstić information content (AvgIpc) is 3.00. The van der Waals surface area contributed by atoms with Crippen LogP contribution in [0.3, 0.4) is 0 Å². The van der Waals surface area contributed by atoms with E-state index in [0.29, 0.717) is 24.2 Å². The largest absolute Gasteiger partial charge is 0.380 e. The van der Waals surface area contributed by atoms with Gasteiger partial charge in [-0.25, -0.2) is 9.36 Å². The van der Waals surface area contributed by atoms with E-state index in [1.807, 2.05) is 43.3 Å². The molecule has 0 aliphatic rings. The lowest BCUT2D eigenvalue weighted by Gasteiger charge is -2.04. The van der Waals surface area contributed by atoms with Crippen LogP contribution in [0.1, 0.15) is 6.92 Å². The summed E-state index contributed by atoms with van der Waals surface area (Å²) in [5.41, 5.74) is 2.11. The molecule has 0 unspecified atom stereocenters. The van der Waals surface area contributed by atoms with Gasteiger partial charge in [0.05, 0.1) is 25.0 Å². The van der Waals surface area contributed by atoms with Gasteiger partial charge in [0.15, 0.2) is 5.65 Å². The van der Waals surface area contributed by atoms with Crippen LogP contribution in [0.25, 0.3) is 16.7 Å². The standard InChI is InChI=1S/C16H17N5O2/c1-12(11-23-2)8-9-20-16(22)14-10-17-21(15(14)18-19-20)13-6-4-3-5-7-13/h3-8,10H,9,11H2,1-2H3/b12-8+. The molecule has 0 aliphatic heterocycles. The van der Waals surface area contributed by atoms with E-state index in [0.717, 1.165) is 11.3 Å². The van der Waals surface area contributed by atoms with Crippen molar-refractivity contribution >= 4 is 11.0 Å². The SMILES string of the molecule is COC/C(C)=C/Cn1nnc2c(cnn2-c2ccccc2)c1=O. The van der Waals surface area contributed by atoms with Gasteiger partial charge in [0.2, 0.25) is 0 Å². The van der Waals surface area contributed by atoms with Crippen LogP contribution in [0.15, 0.2) is 53.0 Å². The fraction of sp³-hybridized carbons (Fsp3) is 0.250. The van der Waals surface area contributed by atoms with Crippen LogP contribution in [0.4, 0.5) is 0 Å². The molecule has 1 aromatic carbocycles. The molecule has 0 aliphatic carbocycles. The van der Waals surface area contributed by atoms with Crippen molar-refractivity contribution in [1.29, 1.82) is 0 Å². The molecule has 118 valence electrons. The van der Waals surface area contributed by atoms with Crippen LogP contribution in [-0.4, -0.2) is 38.5 Å². The van der Waals surface area contributed by atoms with E-state index in [2.05, 4.69) is 15.4 Å². The summed E-state index contributed by atoms with van der Waals surface area (Å²) in [6.45, 7) is 2.82. The predicted octanol–water partition coefficient (Wildman–Crippen LogP) is 1.57. The second kappa shape index (κ2) is 6.53. The minimum absolute atomic E-state index is 0.210. The number of rotatable bonds is 5. The Balaban J connectivity index is 1.99. The number of hydrogen-bond donors (Lipinski definition) is 0. The maximum absolute atomic E-state index is 12.5. The third kappa shape index (κ3) is 3.04. The predicted molar refractivity (Wildman–Crippen MR) is 86.6 cm³/mol. The van der Waals surface area contributed by atoms with Crippen LogP contribution < -0.4 is 5.56 Å². The van der Waals surface area contributed by atoms with E-state index in [9.17, 15) is 4.79 Å². The highest BCUT2D eigenvalue weighted by atomic mass is 16.5. The minimum atomic E-state index is -0.210. The molecule has 7 heteroatoms. The van der Waals surface area contributed by atoms with Crippen molar-refractivity contribution in [3.05, 3.63) is 58.5 Å². The van der Waals surface area contributed by atoms with Gasteiger partial charge in [-0.15, -0.1) is 5.10 Å². The maximum Gasteiger partial charge on any atom is 0.281 e. The van der Waals surface area contributed by atoms with E-state index in [1.54, 1.807) is 11.8 Å². The molecule has 7 nitrogen and oxygen atoms in total. The summed E-state index contributed by atoms with van der Waals surface area (Å²) in [5.74, 6) is 0. The van der Waals surface area contributed by atoms with Gasteiger partial charge in [-0.1, -0.05) is 29.5 Å². The Kier molecular flexibility index (Phi) is 4.29. The molecule has 0 radical (unpaired) electrons. The van der Waals surface area contributed by atoms with E-state index < -0.39 is 0 Å². The number of aromatic nitrogens is 5. The second-order valence-corrected chi connectivity index (χ2v) is 5.19. The normalized spacial score (nSPS) is 12.0. The van der Waals surface area contributed by atoms with Crippen molar-refractivity contribution in [3.8, 4) is 5.69 Å². The first kappa shape index (κ1) is 15.1. The van der Waals surface area contributed by atoms with E-state index in [-0.39, 0.29) is 5.56 Å². The maximum atomic E-state index is 12.5. The Labute approximate surface area is 132 Å². The van der Waals surface area contributed by atoms with Crippen LogP contribution >= 0.6 is 0 Å². The molecule has 0 bridgehead atoms. The summed E-state index contributed by atoms with van der Waals surface area (Å²) in [5, 5.41) is 12.9. The number of fused-ring (bicyclic) bond motifs is 1. The number of hydrogen-bond acceptors (Lipinski definition) is 5. The quantitative estimate of drug-likeness (QED) is 0.669. The van der Waals surface area contributed by atoms with Gasteiger partial charge in [-0.2, -0.15) is 5.10 Å². The molecule has 23 heavy (non-hydrogen) atoms. The van der Waals surface area contributed by atoms with E-state index in [1.165, 1.54) is 10.9 Å². The fourth-order valence-electron chi connectivity index (χ4n) is 2.27. The Morgan fingerprint density at radius 2 is 2.09 bits per heavy atom. The molecule has 0 saturated heterocycles. The number of benzene rings is 1. The van der Waals surface area contributed by atoms with Crippen molar-refractivity contribution in [2.75, 3.05) is 13.7 Å². The van der Waals surface area contributed by atoms with Crippen molar-refractivity contribution < 1.29 is 4.74 Å². The first-order valence-corrected chi connectivity index (χ1v) is 7.22. The summed E-state index contributed by atoms with van der Waals surface area (Å²) < 4.78 is 7.97. The number of nitrogens with zero attached hydrogens (tertiary/aromatic N) is 5. The molecule has 3 rings (SSSR count). The molecular weight excluding hydrogens is 294 g/mol. The van der Waals surface area contributed by atoms with E-state index in [4.69, 9.17) is 4.74 Å². The van der Waals surface area contributed by atoms with Crippen LogP contribution in [-0.2, 0) is 11.3 Å². The Morgan fingerprint density at radius 3 is 2.83 bits per heavy atom. The average molecular weight is 311 g/mol. The molecule has 2 heterocycles. The number of allylic oxidation sites excluding steroid dienone is 1. The topological polar surface area (TPSA) is 74.8 Å². The van der Waals surface area contributed by atoms with Gasteiger partial charge < -0.3 is 4.74 Å². The van der Waals surface area contributed by atoms with E-state index >= 15 is 0 Å². The molecule has 2 aromatic heterocycles. The monoisotopic (exact) mass is 311 g/mol. The molecule has 0 saturated carbocycles. The van der Waals surface area contributed by atoms with Gasteiger partial charge in [-0.3, -0.25) is 4.79 Å². The third-order valence-electron chi connectivity index (χ3n) is 3.44. The first-order chi connectivity index (χ1) is 11.2. The Hall–Kier alpha value is -2.80. The zero-order chi connectivity index (χ0) is 16.2. The lowest BCUT2D eigenvalue weighted by atomic mass is 10.3. The highest BCUT2D eigenvalue weighted by Crippen LogP contribution is 2.12. The smallest absolute Gasteiger partial charge is 0.281 e. The summed E-state index contributed by atoms with van der Waals surface area (Å²) >= 11 is 0. The van der Waals surface area contributed by atoms with Crippen molar-refractivity contribution in [2.24, 2.45) is 0 Å². The zero-order valence-electron chi connectivity index (χ0n) is 13.0. The summed E-state index contributed by atoms with van der Waals surface area (Å²) in [7, 11) is 1.63. The first-order valence-electron chi connectivity index (χ1n) is 7.22. The number of methoxy groups -OCH3 is 1. The Bertz CT molecular complexity index is 896. The fourth-order valence-corrected chi connectivity index (χ4v) is 2.27. The van der Waals surface area contributed by atoms with Crippen LogP contribution in [0.2, 0.25) is 0 Å². The lowest BCUT2D eigenvalue weighted by Crippen LogP contribution is -2.23.